The van der Waals surface area contributed by atoms with Gasteiger partial charge in [0.15, 0.2) is 0 Å². The average Bonchev–Trinajstić information content (AvgIpc) is 2.68. The maximum atomic E-state index is 12.5. The number of nitrogens with one attached hydrogen (secondary N) is 1. The Kier molecular flexibility index (Phi) is 6.54. The third-order valence-electron chi connectivity index (χ3n) is 4.82. The summed E-state index contributed by atoms with van der Waals surface area (Å²) in [6, 6.07) is 14.3. The highest BCUT2D eigenvalue weighted by Crippen LogP contribution is 2.26. The Labute approximate surface area is 170 Å². The highest BCUT2D eigenvalue weighted by molar-refractivity contribution is 6.30. The predicted molar refractivity (Wildman–Crippen MR) is 110 cm³/mol. The van der Waals surface area contributed by atoms with E-state index < -0.39 is 6.04 Å². The number of piperazine rings is 1. The van der Waals surface area contributed by atoms with Crippen molar-refractivity contribution in [3.63, 3.8) is 0 Å². The number of methoxy groups -OCH3 is 1. The van der Waals surface area contributed by atoms with E-state index in [4.69, 9.17) is 16.3 Å². The number of hydrogen-bond acceptors (Lipinski definition) is 4. The second-order valence-electron chi connectivity index (χ2n) is 6.80. The molecule has 0 aliphatic carbocycles. The first-order valence-electron chi connectivity index (χ1n) is 9.18. The van der Waals surface area contributed by atoms with E-state index in [9.17, 15) is 9.59 Å². The van der Waals surface area contributed by atoms with Crippen molar-refractivity contribution in [1.29, 1.82) is 0 Å². The van der Waals surface area contributed by atoms with Crippen molar-refractivity contribution < 1.29 is 14.3 Å². The number of carbonyl (C=O) groups is 2. The molecular weight excluding hydrogens is 378 g/mol. The summed E-state index contributed by atoms with van der Waals surface area (Å²) < 4.78 is 5.01. The van der Waals surface area contributed by atoms with Gasteiger partial charge in [-0.1, -0.05) is 35.9 Å². The summed E-state index contributed by atoms with van der Waals surface area (Å²) in [5.74, 6) is -0.333. The highest BCUT2D eigenvalue weighted by Gasteiger charge is 2.32. The fourth-order valence-electron chi connectivity index (χ4n) is 3.39. The van der Waals surface area contributed by atoms with Crippen LogP contribution in [0.4, 0.5) is 10.5 Å². The standard InChI is InChI=1S/C21H24ClN3O3/c1-15-5-3-8-18(13-15)23-21(27)25-11-9-24(10-12-25)19(20(26)28-2)16-6-4-7-17(22)14-16/h3-8,13-14,19H,9-12H2,1-2H3,(H,23,27)/t19-/m0/s1. The van der Waals surface area contributed by atoms with Gasteiger partial charge in [0.25, 0.3) is 0 Å². The number of carbonyl (C=O) groups excluding carboxylic acids is 2. The summed E-state index contributed by atoms with van der Waals surface area (Å²) in [6.07, 6.45) is 0. The molecule has 1 N–H and O–H groups in total. The molecule has 1 heterocycles. The number of amides is 2. The highest BCUT2D eigenvalue weighted by atomic mass is 35.5. The van der Waals surface area contributed by atoms with E-state index in [1.807, 2.05) is 48.2 Å². The van der Waals surface area contributed by atoms with Gasteiger partial charge in [-0.25, -0.2) is 9.59 Å². The Bertz CT molecular complexity index is 850. The Morgan fingerprint density at radius 2 is 1.79 bits per heavy atom. The lowest BCUT2D eigenvalue weighted by Crippen LogP contribution is -2.52. The fourth-order valence-corrected chi connectivity index (χ4v) is 3.59. The van der Waals surface area contributed by atoms with Gasteiger partial charge in [0.1, 0.15) is 6.04 Å². The Hall–Kier alpha value is -2.57. The molecule has 0 unspecified atom stereocenters. The van der Waals surface area contributed by atoms with Crippen molar-refractivity contribution in [2.75, 3.05) is 38.6 Å². The smallest absolute Gasteiger partial charge is 0.327 e. The first-order valence-corrected chi connectivity index (χ1v) is 9.55. The number of nitrogens with zero attached hydrogens (tertiary/aromatic N) is 2. The van der Waals surface area contributed by atoms with E-state index >= 15 is 0 Å². The fraction of sp³-hybridized carbons (Fsp3) is 0.333. The summed E-state index contributed by atoms with van der Waals surface area (Å²) in [7, 11) is 1.38. The minimum absolute atomic E-state index is 0.136. The molecule has 3 rings (SSSR count). The summed E-state index contributed by atoms with van der Waals surface area (Å²) in [4.78, 5) is 28.7. The molecule has 7 heteroatoms. The number of ether oxygens (including phenoxy) is 1. The van der Waals surface area contributed by atoms with E-state index in [1.165, 1.54) is 7.11 Å². The van der Waals surface area contributed by atoms with Gasteiger partial charge >= 0.3 is 12.0 Å². The van der Waals surface area contributed by atoms with Crippen molar-refractivity contribution in [3.05, 3.63) is 64.7 Å². The van der Waals surface area contributed by atoms with E-state index in [0.717, 1.165) is 16.8 Å². The van der Waals surface area contributed by atoms with Crippen LogP contribution >= 0.6 is 11.6 Å². The lowest BCUT2D eigenvalue weighted by molar-refractivity contribution is -0.148. The molecule has 2 amide bonds. The number of rotatable bonds is 4. The molecule has 6 nitrogen and oxygen atoms in total. The number of benzene rings is 2. The third-order valence-corrected chi connectivity index (χ3v) is 5.06. The van der Waals surface area contributed by atoms with E-state index in [2.05, 4.69) is 5.32 Å². The Morgan fingerprint density at radius 1 is 1.07 bits per heavy atom. The normalized spacial score (nSPS) is 15.8. The predicted octanol–water partition coefficient (Wildman–Crippen LogP) is 3.71. The molecule has 28 heavy (non-hydrogen) atoms. The van der Waals surface area contributed by atoms with Crippen LogP contribution in [0, 0.1) is 6.92 Å². The molecule has 0 saturated carbocycles. The van der Waals surface area contributed by atoms with Gasteiger partial charge in [-0.3, -0.25) is 4.90 Å². The number of aryl methyl sites for hydroxylation is 1. The molecule has 2 aromatic rings. The lowest BCUT2D eigenvalue weighted by atomic mass is 10.0. The zero-order valence-electron chi connectivity index (χ0n) is 16.0. The second kappa shape index (κ2) is 9.08. The zero-order valence-corrected chi connectivity index (χ0v) is 16.8. The Balaban J connectivity index is 1.65. The van der Waals surface area contributed by atoms with Gasteiger partial charge in [-0.05, 0) is 42.3 Å². The zero-order chi connectivity index (χ0) is 20.1. The first kappa shape index (κ1) is 20.2. The van der Waals surface area contributed by atoms with Crippen LogP contribution in [0.3, 0.4) is 0 Å². The van der Waals surface area contributed by atoms with Crippen LogP contribution in [0.5, 0.6) is 0 Å². The maximum Gasteiger partial charge on any atom is 0.327 e. The van der Waals surface area contributed by atoms with Crippen LogP contribution in [-0.2, 0) is 9.53 Å². The molecule has 148 valence electrons. The number of halogens is 1. The van der Waals surface area contributed by atoms with Crippen LogP contribution in [0.15, 0.2) is 48.5 Å². The van der Waals surface area contributed by atoms with E-state index in [0.29, 0.717) is 31.2 Å². The minimum Gasteiger partial charge on any atom is -0.468 e. The van der Waals surface area contributed by atoms with Crippen molar-refractivity contribution in [3.8, 4) is 0 Å². The minimum atomic E-state index is -0.536. The number of esters is 1. The molecule has 1 aliphatic rings. The molecule has 1 aliphatic heterocycles. The van der Waals surface area contributed by atoms with Crippen molar-refractivity contribution >= 4 is 29.3 Å². The van der Waals surface area contributed by atoms with Crippen molar-refractivity contribution in [2.45, 2.75) is 13.0 Å². The monoisotopic (exact) mass is 401 g/mol. The van der Waals surface area contributed by atoms with Crippen molar-refractivity contribution in [2.24, 2.45) is 0 Å². The SMILES string of the molecule is COC(=O)[C@H](c1cccc(Cl)c1)N1CCN(C(=O)Nc2cccc(C)c2)CC1. The van der Waals surface area contributed by atoms with Crippen LogP contribution < -0.4 is 5.32 Å². The summed E-state index contributed by atoms with van der Waals surface area (Å²) in [5, 5.41) is 3.50. The molecule has 0 aromatic heterocycles. The molecule has 0 radical (unpaired) electrons. The molecule has 0 spiro atoms. The van der Waals surface area contributed by atoms with Crippen LogP contribution in [0.25, 0.3) is 0 Å². The van der Waals surface area contributed by atoms with Gasteiger partial charge in [0, 0.05) is 36.9 Å². The Morgan fingerprint density at radius 3 is 2.43 bits per heavy atom. The quantitative estimate of drug-likeness (QED) is 0.793. The van der Waals surface area contributed by atoms with E-state index in [1.54, 1.807) is 17.0 Å². The van der Waals surface area contributed by atoms with Gasteiger partial charge in [0.2, 0.25) is 0 Å². The number of urea groups is 1. The van der Waals surface area contributed by atoms with Gasteiger partial charge in [0.05, 0.1) is 7.11 Å². The van der Waals surface area contributed by atoms with Gasteiger partial charge in [-0.2, -0.15) is 0 Å². The summed E-state index contributed by atoms with van der Waals surface area (Å²) in [6.45, 7) is 4.15. The molecule has 1 fully saturated rings. The topological polar surface area (TPSA) is 61.9 Å². The molecule has 0 bridgehead atoms. The van der Waals surface area contributed by atoms with Crippen molar-refractivity contribution in [1.82, 2.24) is 9.80 Å². The average molecular weight is 402 g/mol. The van der Waals surface area contributed by atoms with Crippen LogP contribution in [-0.4, -0.2) is 55.1 Å². The number of anilines is 1. The molecule has 2 aromatic carbocycles. The van der Waals surface area contributed by atoms with E-state index in [-0.39, 0.29) is 12.0 Å². The third kappa shape index (κ3) is 4.82. The van der Waals surface area contributed by atoms with Gasteiger partial charge < -0.3 is 15.0 Å². The van der Waals surface area contributed by atoms with Gasteiger partial charge in [-0.15, -0.1) is 0 Å². The summed E-state index contributed by atoms with van der Waals surface area (Å²) in [5.41, 5.74) is 2.65. The lowest BCUT2D eigenvalue weighted by Gasteiger charge is -2.38. The van der Waals surface area contributed by atoms with Crippen LogP contribution in [0.2, 0.25) is 5.02 Å². The number of hydrogen-bond donors (Lipinski definition) is 1. The maximum absolute atomic E-state index is 12.5. The summed E-state index contributed by atoms with van der Waals surface area (Å²) >= 11 is 6.10. The molecular formula is C21H24ClN3O3. The second-order valence-corrected chi connectivity index (χ2v) is 7.24. The van der Waals surface area contributed by atoms with Crippen LogP contribution in [0.1, 0.15) is 17.2 Å². The molecule has 1 saturated heterocycles. The molecule has 1 atom stereocenters. The first-order chi connectivity index (χ1) is 13.5. The largest absolute Gasteiger partial charge is 0.468 e.